The summed E-state index contributed by atoms with van der Waals surface area (Å²) >= 11 is 0. The van der Waals surface area contributed by atoms with Crippen molar-refractivity contribution in [2.45, 2.75) is 32.6 Å². The molecule has 6 heteroatoms. The van der Waals surface area contributed by atoms with E-state index < -0.39 is 0 Å². The van der Waals surface area contributed by atoms with Gasteiger partial charge in [-0.15, -0.1) is 0 Å². The summed E-state index contributed by atoms with van der Waals surface area (Å²) in [5.41, 5.74) is 1.16. The van der Waals surface area contributed by atoms with E-state index in [0.29, 0.717) is 39.2 Å². The summed E-state index contributed by atoms with van der Waals surface area (Å²) in [4.78, 5) is 39.3. The van der Waals surface area contributed by atoms with Crippen LogP contribution in [-0.4, -0.2) is 60.4 Å². The second-order valence-electron chi connectivity index (χ2n) is 6.05. The Morgan fingerprint density at radius 2 is 1.44 bits per heavy atom. The highest BCUT2D eigenvalue weighted by molar-refractivity contribution is 5.82. The maximum atomic E-state index is 12.3. The van der Waals surface area contributed by atoms with Crippen molar-refractivity contribution in [3.8, 4) is 0 Å². The number of carbonyl (C=O) groups excluding carboxylic acids is 3. The lowest BCUT2D eigenvalue weighted by molar-refractivity contribution is -0.146. The van der Waals surface area contributed by atoms with Crippen molar-refractivity contribution in [3.05, 3.63) is 35.9 Å². The van der Waals surface area contributed by atoms with Crippen LogP contribution >= 0.6 is 0 Å². The lowest BCUT2D eigenvalue weighted by Gasteiger charge is -2.35. The van der Waals surface area contributed by atoms with Crippen molar-refractivity contribution in [1.82, 2.24) is 9.80 Å². The van der Waals surface area contributed by atoms with Gasteiger partial charge in [0.1, 0.15) is 0 Å². The Morgan fingerprint density at radius 1 is 0.880 bits per heavy atom. The first-order valence-corrected chi connectivity index (χ1v) is 8.85. The number of hydrogen-bond acceptors (Lipinski definition) is 4. The molecular formula is C19H26N2O4. The van der Waals surface area contributed by atoms with E-state index >= 15 is 0 Å². The molecule has 0 N–H and O–H groups in total. The lowest BCUT2D eigenvalue weighted by Crippen LogP contribution is -2.50. The molecule has 1 aromatic carbocycles. The second kappa shape index (κ2) is 9.81. The number of benzene rings is 1. The van der Waals surface area contributed by atoms with Gasteiger partial charge in [0.25, 0.3) is 0 Å². The Morgan fingerprint density at radius 3 is 2.00 bits per heavy atom. The van der Waals surface area contributed by atoms with Crippen molar-refractivity contribution >= 4 is 17.8 Å². The minimum atomic E-state index is -0.342. The van der Waals surface area contributed by atoms with Crippen molar-refractivity contribution in [2.75, 3.05) is 32.8 Å². The molecular weight excluding hydrogens is 320 g/mol. The second-order valence-corrected chi connectivity index (χ2v) is 6.05. The molecule has 0 bridgehead atoms. The third kappa shape index (κ3) is 6.21. The number of rotatable bonds is 7. The van der Waals surface area contributed by atoms with Crippen molar-refractivity contribution in [3.63, 3.8) is 0 Å². The normalized spacial score (nSPS) is 14.3. The van der Waals surface area contributed by atoms with Crippen molar-refractivity contribution < 1.29 is 19.1 Å². The van der Waals surface area contributed by atoms with Crippen LogP contribution in [0.5, 0.6) is 0 Å². The molecule has 1 aromatic rings. The Kier molecular flexibility index (Phi) is 7.44. The fraction of sp³-hybridized carbons (Fsp3) is 0.526. The van der Waals surface area contributed by atoms with Gasteiger partial charge in [0.05, 0.1) is 13.0 Å². The number of nitrogens with zero attached hydrogens (tertiary/aromatic N) is 2. The quantitative estimate of drug-likeness (QED) is 0.704. The van der Waals surface area contributed by atoms with Crippen LogP contribution in [0.3, 0.4) is 0 Å². The third-order valence-electron chi connectivity index (χ3n) is 4.30. The molecule has 1 heterocycles. The topological polar surface area (TPSA) is 66.9 Å². The summed E-state index contributed by atoms with van der Waals surface area (Å²) in [6.45, 7) is 4.24. The van der Waals surface area contributed by atoms with Gasteiger partial charge >= 0.3 is 5.97 Å². The minimum Gasteiger partial charge on any atom is -0.466 e. The molecule has 1 aliphatic rings. The molecule has 1 aliphatic heterocycles. The highest BCUT2D eigenvalue weighted by atomic mass is 16.5. The molecule has 0 aromatic heterocycles. The highest BCUT2D eigenvalue weighted by Crippen LogP contribution is 2.09. The van der Waals surface area contributed by atoms with Gasteiger partial charge in [0.15, 0.2) is 0 Å². The molecule has 0 spiro atoms. The van der Waals surface area contributed by atoms with E-state index in [0.717, 1.165) is 12.0 Å². The Balaban J connectivity index is 1.69. The number of hydrogen-bond donors (Lipinski definition) is 0. The van der Waals surface area contributed by atoms with Crippen LogP contribution in [0.1, 0.15) is 31.7 Å². The van der Waals surface area contributed by atoms with Crippen LogP contribution in [0.15, 0.2) is 30.3 Å². The molecule has 1 fully saturated rings. The van der Waals surface area contributed by atoms with Crippen LogP contribution in [0.4, 0.5) is 0 Å². The molecule has 0 aliphatic carbocycles. The van der Waals surface area contributed by atoms with E-state index in [-0.39, 0.29) is 30.6 Å². The average Bonchev–Trinajstić information content (AvgIpc) is 2.65. The molecule has 136 valence electrons. The van der Waals surface area contributed by atoms with E-state index in [4.69, 9.17) is 4.74 Å². The van der Waals surface area contributed by atoms with E-state index in [1.807, 2.05) is 35.2 Å². The number of esters is 1. The molecule has 25 heavy (non-hydrogen) atoms. The predicted octanol–water partition coefficient (Wildman–Crippen LogP) is 1.63. The largest absolute Gasteiger partial charge is 0.466 e. The molecule has 2 rings (SSSR count). The number of ether oxygens (including phenoxy) is 1. The molecule has 0 atom stereocenters. The molecule has 0 unspecified atom stereocenters. The standard InChI is InChI=1S/C19H26N2O4/c1-2-25-19(24)11-10-18(23)21-14-12-20(13-15-21)17(22)9-8-16-6-4-3-5-7-16/h3-7H,2,8-15H2,1H3. The van der Waals surface area contributed by atoms with E-state index in [9.17, 15) is 14.4 Å². The summed E-state index contributed by atoms with van der Waals surface area (Å²) in [5, 5.41) is 0. The van der Waals surface area contributed by atoms with Crippen LogP contribution in [0.2, 0.25) is 0 Å². The van der Waals surface area contributed by atoms with Crippen LogP contribution in [-0.2, 0) is 25.5 Å². The minimum absolute atomic E-state index is 0.0514. The van der Waals surface area contributed by atoms with E-state index in [2.05, 4.69) is 0 Å². The SMILES string of the molecule is CCOC(=O)CCC(=O)N1CCN(C(=O)CCc2ccccc2)CC1. The van der Waals surface area contributed by atoms with Crippen LogP contribution < -0.4 is 0 Å². The zero-order chi connectivity index (χ0) is 18.1. The Hall–Kier alpha value is -2.37. The molecule has 0 saturated carbocycles. The maximum absolute atomic E-state index is 12.3. The first-order chi connectivity index (χ1) is 12.1. The summed E-state index contributed by atoms with van der Waals surface area (Å²) in [7, 11) is 0. The summed E-state index contributed by atoms with van der Waals surface area (Å²) < 4.78 is 4.83. The lowest BCUT2D eigenvalue weighted by atomic mass is 10.1. The Labute approximate surface area is 148 Å². The zero-order valence-electron chi connectivity index (χ0n) is 14.8. The fourth-order valence-corrected chi connectivity index (χ4v) is 2.86. The van der Waals surface area contributed by atoms with Crippen molar-refractivity contribution in [1.29, 1.82) is 0 Å². The fourth-order valence-electron chi connectivity index (χ4n) is 2.86. The third-order valence-corrected chi connectivity index (χ3v) is 4.30. The molecule has 0 radical (unpaired) electrons. The van der Waals surface area contributed by atoms with Gasteiger partial charge in [-0.1, -0.05) is 30.3 Å². The highest BCUT2D eigenvalue weighted by Gasteiger charge is 2.24. The average molecular weight is 346 g/mol. The van der Waals surface area contributed by atoms with E-state index in [1.165, 1.54) is 0 Å². The summed E-state index contributed by atoms with van der Waals surface area (Å²) in [6.07, 6.45) is 1.50. The van der Waals surface area contributed by atoms with Crippen LogP contribution in [0.25, 0.3) is 0 Å². The molecule has 6 nitrogen and oxygen atoms in total. The molecule has 1 saturated heterocycles. The van der Waals surface area contributed by atoms with Crippen LogP contribution in [0, 0.1) is 0 Å². The zero-order valence-corrected chi connectivity index (χ0v) is 14.8. The Bertz CT molecular complexity index is 580. The number of carbonyl (C=O) groups is 3. The first-order valence-electron chi connectivity index (χ1n) is 8.85. The van der Waals surface area contributed by atoms with Gasteiger partial charge in [0.2, 0.25) is 11.8 Å². The first kappa shape index (κ1) is 19.0. The number of piperazine rings is 1. The van der Waals surface area contributed by atoms with Gasteiger partial charge in [0, 0.05) is 39.0 Å². The molecule has 2 amide bonds. The van der Waals surface area contributed by atoms with Gasteiger partial charge in [-0.3, -0.25) is 14.4 Å². The summed E-state index contributed by atoms with van der Waals surface area (Å²) in [6, 6.07) is 9.95. The number of aryl methyl sites for hydroxylation is 1. The van der Waals surface area contributed by atoms with Gasteiger partial charge in [-0.2, -0.15) is 0 Å². The summed E-state index contributed by atoms with van der Waals surface area (Å²) in [5.74, 6) is -0.266. The van der Waals surface area contributed by atoms with Gasteiger partial charge < -0.3 is 14.5 Å². The van der Waals surface area contributed by atoms with E-state index in [1.54, 1.807) is 11.8 Å². The van der Waals surface area contributed by atoms with Gasteiger partial charge in [-0.05, 0) is 18.9 Å². The number of amides is 2. The predicted molar refractivity (Wildman–Crippen MR) is 93.8 cm³/mol. The monoisotopic (exact) mass is 346 g/mol. The van der Waals surface area contributed by atoms with Crippen molar-refractivity contribution in [2.24, 2.45) is 0 Å². The smallest absolute Gasteiger partial charge is 0.306 e. The maximum Gasteiger partial charge on any atom is 0.306 e. The van der Waals surface area contributed by atoms with Gasteiger partial charge in [-0.25, -0.2) is 0 Å².